The van der Waals surface area contributed by atoms with Gasteiger partial charge in [0.2, 0.25) is 0 Å². The summed E-state index contributed by atoms with van der Waals surface area (Å²) in [5.74, 6) is -0.393. The third-order valence-electron chi connectivity index (χ3n) is 4.48. The maximum atomic E-state index is 12.0. The molecule has 0 aliphatic heterocycles. The molecule has 2 rings (SSSR count). The molecule has 0 radical (unpaired) electrons. The average Bonchev–Trinajstić information content (AvgIpc) is 3.14. The fourth-order valence-corrected chi connectivity index (χ4v) is 3.06. The number of imide groups is 1. The van der Waals surface area contributed by atoms with Crippen LogP contribution in [-0.4, -0.2) is 36.7 Å². The molecule has 0 heterocycles. The van der Waals surface area contributed by atoms with E-state index in [1.54, 1.807) is 0 Å². The number of benzene rings is 1. The monoisotopic (exact) mass is 376 g/mol. The lowest BCUT2D eigenvalue weighted by molar-refractivity contribution is -0.154. The van der Waals surface area contributed by atoms with E-state index in [4.69, 9.17) is 9.47 Å². The lowest BCUT2D eigenvalue weighted by atomic mass is 10.1. The highest BCUT2D eigenvalue weighted by atomic mass is 16.5. The predicted octanol–water partition coefficient (Wildman–Crippen LogP) is 2.72. The van der Waals surface area contributed by atoms with Crippen molar-refractivity contribution in [3.8, 4) is 5.75 Å². The maximum Gasteiger partial charge on any atom is 0.321 e. The van der Waals surface area contributed by atoms with Crippen molar-refractivity contribution in [2.75, 3.05) is 6.61 Å². The van der Waals surface area contributed by atoms with Crippen LogP contribution in [0.2, 0.25) is 0 Å². The van der Waals surface area contributed by atoms with Crippen LogP contribution in [0.4, 0.5) is 4.79 Å². The molecule has 1 atom stereocenters. The van der Waals surface area contributed by atoms with Crippen molar-refractivity contribution < 1.29 is 23.9 Å². The molecule has 1 aromatic carbocycles. The number of para-hydroxylation sites is 1. The van der Waals surface area contributed by atoms with Crippen LogP contribution in [0.1, 0.15) is 51.5 Å². The number of ether oxygens (including phenoxy) is 2. The van der Waals surface area contributed by atoms with Gasteiger partial charge in [-0.2, -0.15) is 0 Å². The minimum Gasteiger partial charge on any atom is -0.494 e. The molecule has 0 aromatic heterocycles. The zero-order valence-electron chi connectivity index (χ0n) is 16.0. The largest absolute Gasteiger partial charge is 0.494 e. The molecular formula is C20H28N2O5. The van der Waals surface area contributed by atoms with Gasteiger partial charge in [-0.3, -0.25) is 14.9 Å². The fourth-order valence-electron chi connectivity index (χ4n) is 3.06. The Morgan fingerprint density at radius 3 is 2.59 bits per heavy atom. The molecule has 7 heteroatoms. The number of nitrogens with one attached hydrogen (secondary N) is 2. The predicted molar refractivity (Wildman–Crippen MR) is 100 cm³/mol. The fraction of sp³-hybridized carbons (Fsp3) is 0.550. The van der Waals surface area contributed by atoms with Gasteiger partial charge in [-0.25, -0.2) is 4.79 Å². The van der Waals surface area contributed by atoms with Crippen molar-refractivity contribution in [1.82, 2.24) is 10.6 Å². The van der Waals surface area contributed by atoms with E-state index in [-0.39, 0.29) is 12.5 Å². The summed E-state index contributed by atoms with van der Waals surface area (Å²) in [6.45, 7) is 3.89. The summed E-state index contributed by atoms with van der Waals surface area (Å²) in [4.78, 5) is 35.8. The summed E-state index contributed by atoms with van der Waals surface area (Å²) in [5.41, 5.74) is 0.907. The lowest BCUT2D eigenvalue weighted by Crippen LogP contribution is -2.47. The van der Waals surface area contributed by atoms with Gasteiger partial charge in [-0.05, 0) is 44.7 Å². The second kappa shape index (κ2) is 10.5. The van der Waals surface area contributed by atoms with E-state index in [9.17, 15) is 14.4 Å². The minimum absolute atomic E-state index is 0.112. The molecule has 7 nitrogen and oxygen atoms in total. The molecule has 1 aliphatic carbocycles. The first-order valence-corrected chi connectivity index (χ1v) is 9.51. The molecular weight excluding hydrogens is 348 g/mol. The number of esters is 1. The molecule has 27 heavy (non-hydrogen) atoms. The molecule has 2 N–H and O–H groups in total. The van der Waals surface area contributed by atoms with Gasteiger partial charge in [0.1, 0.15) is 5.75 Å². The molecule has 0 unspecified atom stereocenters. The Hall–Kier alpha value is -2.57. The summed E-state index contributed by atoms with van der Waals surface area (Å²) in [6, 6.07) is 7.06. The molecule has 1 saturated carbocycles. The Kier molecular flexibility index (Phi) is 8.10. The number of carbonyl (C=O) groups excluding carboxylic acids is 3. The van der Waals surface area contributed by atoms with Crippen LogP contribution >= 0.6 is 0 Å². The number of amides is 3. The van der Waals surface area contributed by atoms with Crippen molar-refractivity contribution in [2.24, 2.45) is 0 Å². The molecule has 3 amide bonds. The summed E-state index contributed by atoms with van der Waals surface area (Å²) < 4.78 is 10.7. The number of rotatable bonds is 8. The molecule has 1 fully saturated rings. The van der Waals surface area contributed by atoms with Crippen LogP contribution in [0.15, 0.2) is 24.3 Å². The molecule has 0 saturated heterocycles. The number of urea groups is 1. The maximum absolute atomic E-state index is 12.0. The van der Waals surface area contributed by atoms with Crippen molar-refractivity contribution >= 4 is 17.9 Å². The minimum atomic E-state index is -1.03. The second-order valence-electron chi connectivity index (χ2n) is 6.62. The van der Waals surface area contributed by atoms with E-state index in [0.717, 1.165) is 37.0 Å². The number of aryl methyl sites for hydroxylation is 1. The summed E-state index contributed by atoms with van der Waals surface area (Å²) in [7, 11) is 0. The first-order chi connectivity index (χ1) is 13.0. The Bertz CT molecular complexity index is 656. The van der Waals surface area contributed by atoms with Crippen LogP contribution in [-0.2, 0) is 20.7 Å². The van der Waals surface area contributed by atoms with Crippen molar-refractivity contribution in [2.45, 2.75) is 64.5 Å². The highest BCUT2D eigenvalue weighted by Crippen LogP contribution is 2.20. The van der Waals surface area contributed by atoms with E-state index >= 15 is 0 Å². The van der Waals surface area contributed by atoms with Crippen molar-refractivity contribution in [3.05, 3.63) is 29.8 Å². The third kappa shape index (κ3) is 6.92. The average molecular weight is 376 g/mol. The van der Waals surface area contributed by atoms with Crippen LogP contribution in [0.3, 0.4) is 0 Å². The molecule has 0 spiro atoms. The SMILES string of the molecule is CCOc1ccccc1CCC(=O)O[C@H](C)C(=O)NC(=O)NC1CCCC1. The summed E-state index contributed by atoms with van der Waals surface area (Å²) in [6.07, 6.45) is 3.55. The molecule has 0 bridgehead atoms. The van der Waals surface area contributed by atoms with Gasteiger partial charge < -0.3 is 14.8 Å². The first kappa shape index (κ1) is 20.7. The number of hydrogen-bond donors (Lipinski definition) is 2. The Morgan fingerprint density at radius 2 is 1.89 bits per heavy atom. The molecule has 1 aromatic rings. The van der Waals surface area contributed by atoms with Gasteiger partial charge >= 0.3 is 12.0 Å². The normalized spacial score (nSPS) is 15.0. The topological polar surface area (TPSA) is 93.7 Å². The first-order valence-electron chi connectivity index (χ1n) is 9.51. The van der Waals surface area contributed by atoms with E-state index in [1.165, 1.54) is 6.92 Å². The highest BCUT2D eigenvalue weighted by Gasteiger charge is 2.22. The van der Waals surface area contributed by atoms with Crippen LogP contribution in [0, 0.1) is 0 Å². The number of hydrogen-bond acceptors (Lipinski definition) is 5. The smallest absolute Gasteiger partial charge is 0.321 e. The number of carbonyl (C=O) groups is 3. The highest BCUT2D eigenvalue weighted by molar-refractivity contribution is 5.97. The Balaban J connectivity index is 1.74. The van der Waals surface area contributed by atoms with Gasteiger partial charge in [0.15, 0.2) is 6.10 Å². The van der Waals surface area contributed by atoms with Gasteiger partial charge in [0.05, 0.1) is 6.61 Å². The zero-order chi connectivity index (χ0) is 19.6. The summed E-state index contributed by atoms with van der Waals surface area (Å²) in [5, 5.41) is 4.98. The Labute approximate surface area is 159 Å². The van der Waals surface area contributed by atoms with Gasteiger partial charge in [0.25, 0.3) is 5.91 Å². The van der Waals surface area contributed by atoms with E-state index in [0.29, 0.717) is 13.0 Å². The third-order valence-corrected chi connectivity index (χ3v) is 4.48. The van der Waals surface area contributed by atoms with E-state index in [2.05, 4.69) is 10.6 Å². The molecule has 148 valence electrons. The van der Waals surface area contributed by atoms with Crippen molar-refractivity contribution in [3.63, 3.8) is 0 Å². The standard InChI is InChI=1S/C20H28N2O5/c1-3-26-17-11-7-4-8-15(17)12-13-18(23)27-14(2)19(24)22-20(25)21-16-9-5-6-10-16/h4,7-8,11,14,16H,3,5-6,9-10,12-13H2,1-2H3,(H2,21,22,24,25)/t14-/m1/s1. The van der Waals surface area contributed by atoms with Crippen LogP contribution < -0.4 is 15.4 Å². The zero-order valence-corrected chi connectivity index (χ0v) is 16.0. The summed E-state index contributed by atoms with van der Waals surface area (Å²) >= 11 is 0. The van der Waals surface area contributed by atoms with E-state index < -0.39 is 24.0 Å². The van der Waals surface area contributed by atoms with Crippen molar-refractivity contribution in [1.29, 1.82) is 0 Å². The van der Waals surface area contributed by atoms with Gasteiger partial charge in [0, 0.05) is 12.5 Å². The van der Waals surface area contributed by atoms with Gasteiger partial charge in [-0.15, -0.1) is 0 Å². The Morgan fingerprint density at radius 1 is 1.19 bits per heavy atom. The van der Waals surface area contributed by atoms with Crippen LogP contribution in [0.25, 0.3) is 0 Å². The van der Waals surface area contributed by atoms with Gasteiger partial charge in [-0.1, -0.05) is 31.0 Å². The van der Waals surface area contributed by atoms with Crippen LogP contribution in [0.5, 0.6) is 5.75 Å². The molecule has 1 aliphatic rings. The van der Waals surface area contributed by atoms with E-state index in [1.807, 2.05) is 31.2 Å². The quantitative estimate of drug-likeness (QED) is 0.681. The second-order valence-corrected chi connectivity index (χ2v) is 6.62. The lowest BCUT2D eigenvalue weighted by Gasteiger charge is -2.16.